The monoisotopic (exact) mass is 286 g/mol. The molecule has 0 aromatic heterocycles. The molecule has 0 fully saturated rings. The molecule has 0 heterocycles. The van der Waals surface area contributed by atoms with Gasteiger partial charge in [-0.05, 0) is 18.6 Å². The van der Waals surface area contributed by atoms with Gasteiger partial charge >= 0.3 is 0 Å². The second-order valence-electron chi connectivity index (χ2n) is 4.48. The lowest BCUT2D eigenvalue weighted by Gasteiger charge is -2.17. The van der Waals surface area contributed by atoms with Crippen molar-refractivity contribution in [3.8, 4) is 0 Å². The summed E-state index contributed by atoms with van der Waals surface area (Å²) in [6.45, 7) is 2.34. The summed E-state index contributed by atoms with van der Waals surface area (Å²) < 4.78 is 32.2. The summed E-state index contributed by atoms with van der Waals surface area (Å²) in [4.78, 5) is 12.0. The van der Waals surface area contributed by atoms with Crippen LogP contribution in [0.1, 0.15) is 30.1 Å². The van der Waals surface area contributed by atoms with Crippen LogP contribution >= 0.6 is 0 Å². The second kappa shape index (κ2) is 7.79. The summed E-state index contributed by atoms with van der Waals surface area (Å²) >= 11 is 0. The molecule has 1 atom stereocenters. The van der Waals surface area contributed by atoms with Crippen molar-refractivity contribution < 1.29 is 18.3 Å². The Bertz CT molecular complexity index is 437. The number of hydrogen-bond donors (Lipinski definition) is 2. The molecule has 1 unspecified atom stereocenters. The maximum absolute atomic E-state index is 13.6. The molecular formula is C14H20F2N2O2. The van der Waals surface area contributed by atoms with E-state index >= 15 is 0 Å². The van der Waals surface area contributed by atoms with Crippen molar-refractivity contribution in [3.05, 3.63) is 29.3 Å². The fraction of sp³-hybridized carbons (Fsp3) is 0.500. The fourth-order valence-electron chi connectivity index (χ4n) is 1.96. The Morgan fingerprint density at radius 2 is 1.95 bits per heavy atom. The fourth-order valence-corrected chi connectivity index (χ4v) is 1.96. The lowest BCUT2D eigenvalue weighted by Crippen LogP contribution is -2.38. The van der Waals surface area contributed by atoms with Gasteiger partial charge in [0.15, 0.2) is 0 Å². The normalized spacial score (nSPS) is 12.1. The van der Waals surface area contributed by atoms with Gasteiger partial charge in [-0.15, -0.1) is 0 Å². The van der Waals surface area contributed by atoms with Gasteiger partial charge in [0.2, 0.25) is 0 Å². The lowest BCUT2D eigenvalue weighted by atomic mass is 10.1. The van der Waals surface area contributed by atoms with E-state index in [9.17, 15) is 13.6 Å². The van der Waals surface area contributed by atoms with E-state index in [4.69, 9.17) is 4.74 Å². The standard InChI is InChI=1S/C14H20F2N2O2/c1-4-5-10(8-20-3)18-14(19)9-6-11(15)13(17-2)12(16)7-9/h6-7,10,17H,4-5,8H2,1-3H3,(H,18,19). The molecule has 0 bridgehead atoms. The van der Waals surface area contributed by atoms with Crippen LogP contribution in [0.15, 0.2) is 12.1 Å². The van der Waals surface area contributed by atoms with E-state index in [1.807, 2.05) is 6.92 Å². The predicted molar refractivity (Wildman–Crippen MR) is 73.9 cm³/mol. The first-order valence-electron chi connectivity index (χ1n) is 6.50. The van der Waals surface area contributed by atoms with Crippen LogP contribution in [0.2, 0.25) is 0 Å². The zero-order chi connectivity index (χ0) is 15.1. The first kappa shape index (κ1) is 16.4. The van der Waals surface area contributed by atoms with Gasteiger partial charge in [0, 0.05) is 19.7 Å². The number of hydrogen-bond acceptors (Lipinski definition) is 3. The number of methoxy groups -OCH3 is 1. The predicted octanol–water partition coefficient (Wildman–Crippen LogP) is 2.55. The Morgan fingerprint density at radius 3 is 2.40 bits per heavy atom. The number of carbonyl (C=O) groups is 1. The smallest absolute Gasteiger partial charge is 0.251 e. The Balaban J connectivity index is 2.86. The van der Waals surface area contributed by atoms with Gasteiger partial charge in [-0.2, -0.15) is 0 Å². The first-order chi connectivity index (χ1) is 9.53. The number of amides is 1. The lowest BCUT2D eigenvalue weighted by molar-refractivity contribution is 0.0890. The molecule has 0 radical (unpaired) electrons. The third-order valence-electron chi connectivity index (χ3n) is 2.89. The summed E-state index contributed by atoms with van der Waals surface area (Å²) in [6.07, 6.45) is 1.61. The number of ether oxygens (including phenoxy) is 1. The van der Waals surface area contributed by atoms with Crippen LogP contribution in [-0.2, 0) is 4.74 Å². The number of rotatable bonds is 7. The average molecular weight is 286 g/mol. The molecule has 1 aromatic rings. The highest BCUT2D eigenvalue weighted by atomic mass is 19.1. The maximum Gasteiger partial charge on any atom is 0.251 e. The number of halogens is 2. The van der Waals surface area contributed by atoms with E-state index in [0.29, 0.717) is 6.61 Å². The molecule has 6 heteroatoms. The molecule has 2 N–H and O–H groups in total. The minimum absolute atomic E-state index is 0.0452. The minimum atomic E-state index is -0.795. The number of carbonyl (C=O) groups excluding carboxylic acids is 1. The third-order valence-corrected chi connectivity index (χ3v) is 2.89. The number of benzene rings is 1. The molecule has 0 aliphatic carbocycles. The van der Waals surface area contributed by atoms with Crippen molar-refractivity contribution in [1.82, 2.24) is 5.32 Å². The molecule has 0 saturated heterocycles. The van der Waals surface area contributed by atoms with Gasteiger partial charge in [0.05, 0.1) is 12.6 Å². The van der Waals surface area contributed by atoms with Crippen molar-refractivity contribution in [2.24, 2.45) is 0 Å². The van der Waals surface area contributed by atoms with Crippen LogP contribution < -0.4 is 10.6 Å². The van der Waals surface area contributed by atoms with Crippen LogP contribution in [0.3, 0.4) is 0 Å². The SMILES string of the molecule is CCCC(COC)NC(=O)c1cc(F)c(NC)c(F)c1. The Hall–Kier alpha value is -1.69. The van der Waals surface area contributed by atoms with E-state index in [0.717, 1.165) is 25.0 Å². The molecule has 1 amide bonds. The van der Waals surface area contributed by atoms with Crippen molar-refractivity contribution in [1.29, 1.82) is 0 Å². The van der Waals surface area contributed by atoms with E-state index in [1.165, 1.54) is 14.2 Å². The average Bonchev–Trinajstić information content (AvgIpc) is 2.38. The Kier molecular flexibility index (Phi) is 6.38. The van der Waals surface area contributed by atoms with Crippen LogP contribution in [0, 0.1) is 11.6 Å². The van der Waals surface area contributed by atoms with Gasteiger partial charge in [-0.25, -0.2) is 8.78 Å². The zero-order valence-electron chi connectivity index (χ0n) is 11.9. The summed E-state index contributed by atoms with van der Waals surface area (Å²) in [5.41, 5.74) is -0.292. The highest BCUT2D eigenvalue weighted by Crippen LogP contribution is 2.20. The molecule has 0 aliphatic heterocycles. The van der Waals surface area contributed by atoms with Crippen molar-refractivity contribution in [2.45, 2.75) is 25.8 Å². The molecule has 112 valence electrons. The second-order valence-corrected chi connectivity index (χ2v) is 4.48. The first-order valence-corrected chi connectivity index (χ1v) is 6.50. The van der Waals surface area contributed by atoms with Crippen molar-refractivity contribution in [2.75, 3.05) is 26.1 Å². The molecule has 1 rings (SSSR count). The number of anilines is 1. The van der Waals surface area contributed by atoms with Gasteiger partial charge < -0.3 is 15.4 Å². The minimum Gasteiger partial charge on any atom is -0.383 e. The Labute approximate surface area is 117 Å². The van der Waals surface area contributed by atoms with Gasteiger partial charge in [0.1, 0.15) is 17.3 Å². The quantitative estimate of drug-likeness (QED) is 0.810. The topological polar surface area (TPSA) is 50.4 Å². The van der Waals surface area contributed by atoms with Crippen molar-refractivity contribution >= 4 is 11.6 Å². The highest BCUT2D eigenvalue weighted by molar-refractivity contribution is 5.94. The van der Waals surface area contributed by atoms with Gasteiger partial charge in [-0.3, -0.25) is 4.79 Å². The molecular weight excluding hydrogens is 266 g/mol. The summed E-state index contributed by atoms with van der Waals surface area (Å²) in [6, 6.07) is 1.85. The zero-order valence-corrected chi connectivity index (χ0v) is 11.9. The van der Waals surface area contributed by atoms with Gasteiger partial charge in [0.25, 0.3) is 5.91 Å². The highest BCUT2D eigenvalue weighted by Gasteiger charge is 2.17. The largest absolute Gasteiger partial charge is 0.383 e. The van der Waals surface area contributed by atoms with E-state index in [2.05, 4.69) is 10.6 Å². The van der Waals surface area contributed by atoms with Gasteiger partial charge in [-0.1, -0.05) is 13.3 Å². The van der Waals surface area contributed by atoms with E-state index < -0.39 is 17.5 Å². The Morgan fingerprint density at radius 1 is 1.35 bits per heavy atom. The summed E-state index contributed by atoms with van der Waals surface area (Å²) in [5.74, 6) is -2.10. The third kappa shape index (κ3) is 4.16. The summed E-state index contributed by atoms with van der Waals surface area (Å²) in [7, 11) is 2.95. The number of nitrogens with one attached hydrogen (secondary N) is 2. The van der Waals surface area contributed by atoms with E-state index in [1.54, 1.807) is 0 Å². The van der Waals surface area contributed by atoms with E-state index in [-0.39, 0.29) is 17.3 Å². The summed E-state index contributed by atoms with van der Waals surface area (Å²) in [5, 5.41) is 5.12. The van der Waals surface area contributed by atoms with Crippen LogP contribution in [0.25, 0.3) is 0 Å². The van der Waals surface area contributed by atoms with Crippen LogP contribution in [0.4, 0.5) is 14.5 Å². The van der Waals surface area contributed by atoms with Crippen LogP contribution in [-0.4, -0.2) is 32.7 Å². The van der Waals surface area contributed by atoms with Crippen LogP contribution in [0.5, 0.6) is 0 Å². The molecule has 4 nitrogen and oxygen atoms in total. The molecule has 0 saturated carbocycles. The molecule has 0 spiro atoms. The molecule has 20 heavy (non-hydrogen) atoms. The molecule has 1 aromatic carbocycles. The van der Waals surface area contributed by atoms with Crippen molar-refractivity contribution in [3.63, 3.8) is 0 Å². The molecule has 0 aliphatic rings. The maximum atomic E-state index is 13.6.